The Kier molecular flexibility index (Phi) is 11.0. The molecule has 1 amide bonds. The molecule has 0 saturated carbocycles. The third-order valence-corrected chi connectivity index (χ3v) is 8.10. The molecule has 0 aliphatic carbocycles. The molecule has 3 heterocycles. The van der Waals surface area contributed by atoms with E-state index < -0.39 is 0 Å². The monoisotopic (exact) mass is 615 g/mol. The Morgan fingerprint density at radius 3 is 2.49 bits per heavy atom. The largest absolute Gasteiger partial charge is 0.494 e. The minimum atomic E-state index is -0.362. The number of anilines is 3. The Balaban J connectivity index is 1.21. The molecule has 2 aliphatic heterocycles. The van der Waals surface area contributed by atoms with Crippen LogP contribution in [0.25, 0.3) is 11.1 Å². The summed E-state index contributed by atoms with van der Waals surface area (Å²) in [5.74, 6) is 1.33. The number of methoxy groups -OCH3 is 2. The lowest BCUT2D eigenvalue weighted by atomic mass is 10.0. The average Bonchev–Trinajstić information content (AvgIpc) is 3.08. The summed E-state index contributed by atoms with van der Waals surface area (Å²) < 4.78 is 22.1. The number of hydrogen-bond acceptors (Lipinski definition) is 11. The van der Waals surface area contributed by atoms with E-state index in [1.165, 1.54) is 7.11 Å². The molecule has 0 spiro atoms. The van der Waals surface area contributed by atoms with Crippen LogP contribution in [-0.2, 0) is 14.3 Å². The first-order chi connectivity index (χ1) is 22.0. The Hall–Kier alpha value is -4.44. The number of carbonyl (C=O) groups is 1. The average molecular weight is 616 g/mol. The van der Waals surface area contributed by atoms with Gasteiger partial charge in [-0.05, 0) is 49.6 Å². The maximum absolute atomic E-state index is 11.7. The van der Waals surface area contributed by atoms with Gasteiger partial charge in [0.25, 0.3) is 0 Å². The SMILES string of the molecule is COCC(=O)NC[C@H](C)Oc1cc(-c2cnc(Nc3ccc(N4CCC(N5CCOCC5)CC4)cc3OC)nc2)ccc1C#N. The first-order valence-electron chi connectivity index (χ1n) is 15.3. The normalized spacial score (nSPS) is 16.4. The first kappa shape index (κ1) is 32.0. The molecule has 2 aromatic carbocycles. The standard InChI is InChI=1S/C33H41N7O5/c1-23(19-35-32(41)22-42-2)45-30-16-24(4-5-25(30)18-34)26-20-36-33(37-21-26)38-29-7-6-28(17-31(29)43-3)39-10-8-27(9-11-39)40-12-14-44-15-13-40/h4-7,16-17,20-21,23,27H,8-15,19,22H2,1-3H3,(H,35,41)(H,36,37,38)/t23-/m0/s1. The number of nitriles is 1. The van der Waals surface area contributed by atoms with Crippen LogP contribution in [0.3, 0.4) is 0 Å². The van der Waals surface area contributed by atoms with Crippen LogP contribution in [0.5, 0.6) is 11.5 Å². The van der Waals surface area contributed by atoms with Crippen molar-refractivity contribution in [2.45, 2.75) is 31.9 Å². The zero-order chi connectivity index (χ0) is 31.6. The highest BCUT2D eigenvalue weighted by Crippen LogP contribution is 2.33. The van der Waals surface area contributed by atoms with Gasteiger partial charge in [-0.1, -0.05) is 6.07 Å². The fraction of sp³-hybridized carbons (Fsp3) is 0.455. The van der Waals surface area contributed by atoms with E-state index in [0.717, 1.165) is 80.5 Å². The third kappa shape index (κ3) is 8.39. The maximum Gasteiger partial charge on any atom is 0.246 e. The lowest BCUT2D eigenvalue weighted by molar-refractivity contribution is -0.125. The number of nitrogens with zero attached hydrogens (tertiary/aromatic N) is 5. The second-order valence-electron chi connectivity index (χ2n) is 11.2. The predicted octanol–water partition coefficient (Wildman–Crippen LogP) is 3.60. The van der Waals surface area contributed by atoms with Crippen molar-refractivity contribution < 1.29 is 23.7 Å². The molecule has 0 bridgehead atoms. The van der Waals surface area contributed by atoms with Crippen molar-refractivity contribution in [2.75, 3.05) is 77.0 Å². The van der Waals surface area contributed by atoms with Crippen LogP contribution in [0.4, 0.5) is 17.3 Å². The van der Waals surface area contributed by atoms with E-state index in [2.05, 4.69) is 48.6 Å². The molecule has 5 rings (SSSR count). The molecule has 238 valence electrons. The molecular formula is C33H41N7O5. The molecule has 2 fully saturated rings. The summed E-state index contributed by atoms with van der Waals surface area (Å²) in [6.07, 6.45) is 5.35. The second-order valence-corrected chi connectivity index (χ2v) is 11.2. The summed E-state index contributed by atoms with van der Waals surface area (Å²) in [6.45, 7) is 7.82. The van der Waals surface area contributed by atoms with E-state index in [-0.39, 0.29) is 25.2 Å². The summed E-state index contributed by atoms with van der Waals surface area (Å²) in [4.78, 5) is 25.7. The highest BCUT2D eigenvalue weighted by Gasteiger charge is 2.26. The van der Waals surface area contributed by atoms with Crippen LogP contribution in [0.1, 0.15) is 25.3 Å². The number of rotatable bonds is 12. The third-order valence-electron chi connectivity index (χ3n) is 8.10. The number of hydrogen-bond donors (Lipinski definition) is 2. The van der Waals surface area contributed by atoms with Gasteiger partial charge in [0.2, 0.25) is 11.9 Å². The molecule has 2 saturated heterocycles. The van der Waals surface area contributed by atoms with Crippen LogP contribution in [-0.4, -0.2) is 99.7 Å². The Morgan fingerprint density at radius 2 is 1.80 bits per heavy atom. The van der Waals surface area contributed by atoms with E-state index in [9.17, 15) is 10.1 Å². The topological polar surface area (TPSA) is 134 Å². The lowest BCUT2D eigenvalue weighted by Crippen LogP contribution is -2.49. The summed E-state index contributed by atoms with van der Waals surface area (Å²) in [5.41, 5.74) is 3.87. The molecule has 1 atom stereocenters. The second kappa shape index (κ2) is 15.5. The molecule has 12 nitrogen and oxygen atoms in total. The van der Waals surface area contributed by atoms with Crippen LogP contribution < -0.4 is 25.0 Å². The smallest absolute Gasteiger partial charge is 0.246 e. The Labute approximate surface area is 264 Å². The highest BCUT2D eigenvalue weighted by molar-refractivity contribution is 5.77. The summed E-state index contributed by atoms with van der Waals surface area (Å²) in [5, 5.41) is 15.6. The van der Waals surface area contributed by atoms with Gasteiger partial charge < -0.3 is 34.5 Å². The fourth-order valence-electron chi connectivity index (χ4n) is 5.66. The van der Waals surface area contributed by atoms with Gasteiger partial charge >= 0.3 is 0 Å². The van der Waals surface area contributed by atoms with Crippen molar-refractivity contribution in [1.29, 1.82) is 5.26 Å². The van der Waals surface area contributed by atoms with Crippen LogP contribution >= 0.6 is 0 Å². The van der Waals surface area contributed by atoms with Gasteiger partial charge in [0.05, 0.1) is 38.1 Å². The molecule has 0 unspecified atom stereocenters. The van der Waals surface area contributed by atoms with Crippen molar-refractivity contribution in [3.8, 4) is 28.7 Å². The summed E-state index contributed by atoms with van der Waals surface area (Å²) >= 11 is 0. The number of benzene rings is 2. The fourth-order valence-corrected chi connectivity index (χ4v) is 5.66. The summed E-state index contributed by atoms with van der Waals surface area (Å²) in [6, 6.07) is 14.3. The maximum atomic E-state index is 11.7. The minimum Gasteiger partial charge on any atom is -0.494 e. The predicted molar refractivity (Wildman–Crippen MR) is 171 cm³/mol. The highest BCUT2D eigenvalue weighted by atomic mass is 16.5. The van der Waals surface area contributed by atoms with E-state index in [0.29, 0.717) is 23.3 Å². The molecule has 1 aromatic heterocycles. The van der Waals surface area contributed by atoms with Gasteiger partial charge in [-0.2, -0.15) is 5.26 Å². The van der Waals surface area contributed by atoms with Gasteiger partial charge in [0.15, 0.2) is 0 Å². The van der Waals surface area contributed by atoms with E-state index in [4.69, 9.17) is 18.9 Å². The number of piperidine rings is 1. The molecular weight excluding hydrogens is 574 g/mol. The molecule has 45 heavy (non-hydrogen) atoms. The van der Waals surface area contributed by atoms with Gasteiger partial charge in [-0.25, -0.2) is 9.97 Å². The number of morpholine rings is 1. The first-order valence-corrected chi connectivity index (χ1v) is 15.3. The van der Waals surface area contributed by atoms with Crippen molar-refractivity contribution in [1.82, 2.24) is 20.2 Å². The van der Waals surface area contributed by atoms with Crippen LogP contribution in [0.15, 0.2) is 48.8 Å². The molecule has 12 heteroatoms. The number of amides is 1. The van der Waals surface area contributed by atoms with Crippen molar-refractivity contribution in [3.63, 3.8) is 0 Å². The van der Waals surface area contributed by atoms with Crippen molar-refractivity contribution in [2.24, 2.45) is 0 Å². The lowest BCUT2D eigenvalue weighted by Gasteiger charge is -2.40. The van der Waals surface area contributed by atoms with Gasteiger partial charge in [-0.15, -0.1) is 0 Å². The molecule has 0 radical (unpaired) electrons. The van der Waals surface area contributed by atoms with Gasteiger partial charge in [-0.3, -0.25) is 9.69 Å². The Bertz CT molecular complexity index is 1470. The number of ether oxygens (including phenoxy) is 4. The van der Waals surface area contributed by atoms with E-state index in [1.807, 2.05) is 19.1 Å². The quantitative estimate of drug-likeness (QED) is 0.310. The van der Waals surface area contributed by atoms with Crippen molar-refractivity contribution in [3.05, 3.63) is 54.4 Å². The molecule has 2 N–H and O–H groups in total. The number of nitrogens with one attached hydrogen (secondary N) is 2. The van der Waals surface area contributed by atoms with Crippen molar-refractivity contribution >= 4 is 23.2 Å². The minimum absolute atomic E-state index is 0.0242. The number of carbonyl (C=O) groups excluding carboxylic acids is 1. The zero-order valence-corrected chi connectivity index (χ0v) is 26.1. The van der Waals surface area contributed by atoms with E-state index in [1.54, 1.807) is 31.6 Å². The Morgan fingerprint density at radius 1 is 1.04 bits per heavy atom. The summed E-state index contributed by atoms with van der Waals surface area (Å²) in [7, 11) is 3.12. The van der Waals surface area contributed by atoms with E-state index >= 15 is 0 Å². The van der Waals surface area contributed by atoms with Crippen LogP contribution in [0, 0.1) is 11.3 Å². The zero-order valence-electron chi connectivity index (χ0n) is 26.1. The van der Waals surface area contributed by atoms with Gasteiger partial charge in [0.1, 0.15) is 30.3 Å². The molecule has 2 aliphatic rings. The number of aromatic nitrogens is 2. The van der Waals surface area contributed by atoms with Gasteiger partial charge in [0, 0.05) is 69.0 Å². The molecule has 3 aromatic rings. The van der Waals surface area contributed by atoms with Crippen LogP contribution in [0.2, 0.25) is 0 Å².